The predicted octanol–water partition coefficient (Wildman–Crippen LogP) is -1.76. The van der Waals surface area contributed by atoms with Crippen molar-refractivity contribution in [2.45, 2.75) is 71.6 Å². The highest BCUT2D eigenvalue weighted by Gasteiger charge is 2.29. The standard InChI is InChI=1S/C19H37N7O5/c1-9(2)13(20)17(29)25-12(7-6-8-23-19(21)22)16(28)24-11(5)15(27)26-14(10(3)4)18(30)31/h9-14H,6-8,20H2,1-5H3,(H,24,28)(H,25,29)(H,26,27)(H,30,31)(H4,21,22,23). The molecule has 0 aliphatic heterocycles. The molecule has 31 heavy (non-hydrogen) atoms. The molecule has 178 valence electrons. The van der Waals surface area contributed by atoms with E-state index in [2.05, 4.69) is 20.9 Å². The van der Waals surface area contributed by atoms with Gasteiger partial charge in [0.25, 0.3) is 0 Å². The molecule has 0 spiro atoms. The minimum atomic E-state index is -1.17. The largest absolute Gasteiger partial charge is 0.480 e. The Bertz CT molecular complexity index is 662. The number of hydrogen-bond acceptors (Lipinski definition) is 6. The summed E-state index contributed by atoms with van der Waals surface area (Å²) in [7, 11) is 0. The van der Waals surface area contributed by atoms with Gasteiger partial charge in [-0.2, -0.15) is 0 Å². The maximum atomic E-state index is 12.7. The molecule has 3 amide bonds. The molecule has 0 rings (SSSR count). The van der Waals surface area contributed by atoms with E-state index in [-0.39, 0.29) is 30.8 Å². The van der Waals surface area contributed by atoms with Crippen LogP contribution >= 0.6 is 0 Å². The lowest BCUT2D eigenvalue weighted by Gasteiger charge is -2.25. The van der Waals surface area contributed by atoms with Crippen molar-refractivity contribution in [3.8, 4) is 0 Å². The second-order valence-electron chi connectivity index (χ2n) is 8.08. The van der Waals surface area contributed by atoms with E-state index in [1.165, 1.54) is 6.92 Å². The summed E-state index contributed by atoms with van der Waals surface area (Å²) in [6.07, 6.45) is 0.597. The summed E-state index contributed by atoms with van der Waals surface area (Å²) in [5.74, 6) is -3.50. The van der Waals surface area contributed by atoms with Gasteiger partial charge in [0.2, 0.25) is 17.7 Å². The van der Waals surface area contributed by atoms with Crippen LogP contribution in [0.25, 0.3) is 0 Å². The highest BCUT2D eigenvalue weighted by atomic mass is 16.4. The lowest BCUT2D eigenvalue weighted by molar-refractivity contribution is -0.143. The lowest BCUT2D eigenvalue weighted by atomic mass is 10.0. The minimum Gasteiger partial charge on any atom is -0.480 e. The zero-order chi connectivity index (χ0) is 24.3. The number of carboxylic acids is 1. The Balaban J connectivity index is 5.17. The Labute approximate surface area is 182 Å². The maximum Gasteiger partial charge on any atom is 0.326 e. The number of hydrogen-bond donors (Lipinski definition) is 7. The third kappa shape index (κ3) is 10.6. The van der Waals surface area contributed by atoms with Gasteiger partial charge >= 0.3 is 5.97 Å². The van der Waals surface area contributed by atoms with Crippen LogP contribution in [0.2, 0.25) is 0 Å². The monoisotopic (exact) mass is 443 g/mol. The summed E-state index contributed by atoms with van der Waals surface area (Å²) in [4.78, 5) is 52.5. The van der Waals surface area contributed by atoms with Crippen LogP contribution in [0.3, 0.4) is 0 Å². The van der Waals surface area contributed by atoms with Gasteiger partial charge in [0.05, 0.1) is 6.04 Å². The number of aliphatic carboxylic acids is 1. The zero-order valence-electron chi connectivity index (χ0n) is 18.8. The summed E-state index contributed by atoms with van der Waals surface area (Å²) in [6.45, 7) is 8.54. The molecule has 4 unspecified atom stereocenters. The number of carbonyl (C=O) groups excluding carboxylic acids is 3. The van der Waals surface area contributed by atoms with Crippen LogP contribution < -0.4 is 33.2 Å². The molecule has 0 heterocycles. The molecule has 0 aromatic carbocycles. The van der Waals surface area contributed by atoms with Gasteiger partial charge in [0, 0.05) is 6.54 Å². The fourth-order valence-electron chi connectivity index (χ4n) is 2.51. The summed E-state index contributed by atoms with van der Waals surface area (Å²) in [5, 5.41) is 16.7. The molecule has 0 radical (unpaired) electrons. The van der Waals surface area contributed by atoms with Gasteiger partial charge in [-0.3, -0.25) is 19.4 Å². The highest BCUT2D eigenvalue weighted by Crippen LogP contribution is 2.05. The van der Waals surface area contributed by atoms with E-state index in [0.717, 1.165) is 0 Å². The van der Waals surface area contributed by atoms with Gasteiger partial charge in [0.15, 0.2) is 5.96 Å². The Morgan fingerprint density at radius 1 is 0.871 bits per heavy atom. The Morgan fingerprint density at radius 3 is 1.90 bits per heavy atom. The molecule has 4 atom stereocenters. The van der Waals surface area contributed by atoms with Crippen molar-refractivity contribution in [1.82, 2.24) is 16.0 Å². The normalized spacial score (nSPS) is 14.8. The lowest BCUT2D eigenvalue weighted by Crippen LogP contribution is -2.57. The molecule has 0 saturated heterocycles. The van der Waals surface area contributed by atoms with Crippen molar-refractivity contribution >= 4 is 29.7 Å². The highest BCUT2D eigenvalue weighted by molar-refractivity contribution is 5.93. The van der Waals surface area contributed by atoms with E-state index in [1.54, 1.807) is 27.7 Å². The molecular formula is C19H37N7O5. The van der Waals surface area contributed by atoms with Gasteiger partial charge in [-0.1, -0.05) is 27.7 Å². The van der Waals surface area contributed by atoms with E-state index < -0.39 is 47.9 Å². The number of carbonyl (C=O) groups is 4. The molecular weight excluding hydrogens is 406 g/mol. The Kier molecular flexibility index (Phi) is 12.2. The number of guanidine groups is 1. The predicted molar refractivity (Wildman–Crippen MR) is 117 cm³/mol. The molecule has 0 aromatic rings. The summed E-state index contributed by atoms with van der Waals surface area (Å²) in [5.41, 5.74) is 16.4. The summed E-state index contributed by atoms with van der Waals surface area (Å²) < 4.78 is 0. The van der Waals surface area contributed by atoms with Crippen molar-refractivity contribution in [3.05, 3.63) is 0 Å². The number of nitrogens with one attached hydrogen (secondary N) is 3. The number of nitrogens with two attached hydrogens (primary N) is 3. The fraction of sp³-hybridized carbons (Fsp3) is 0.737. The fourth-order valence-corrected chi connectivity index (χ4v) is 2.51. The van der Waals surface area contributed by atoms with Gasteiger partial charge < -0.3 is 38.3 Å². The van der Waals surface area contributed by atoms with E-state index in [1.807, 2.05) is 0 Å². The summed E-state index contributed by atoms with van der Waals surface area (Å²) >= 11 is 0. The molecule has 0 saturated carbocycles. The molecule has 0 aliphatic rings. The van der Waals surface area contributed by atoms with Gasteiger partial charge in [-0.25, -0.2) is 4.79 Å². The van der Waals surface area contributed by atoms with Crippen molar-refractivity contribution in [3.63, 3.8) is 0 Å². The first kappa shape index (κ1) is 28.1. The van der Waals surface area contributed by atoms with E-state index >= 15 is 0 Å². The van der Waals surface area contributed by atoms with Crippen molar-refractivity contribution in [1.29, 1.82) is 0 Å². The third-order valence-electron chi connectivity index (χ3n) is 4.58. The average Bonchev–Trinajstić information content (AvgIpc) is 2.66. The molecule has 10 N–H and O–H groups in total. The molecule has 0 fully saturated rings. The third-order valence-corrected chi connectivity index (χ3v) is 4.58. The second kappa shape index (κ2) is 13.4. The first-order chi connectivity index (χ1) is 14.3. The van der Waals surface area contributed by atoms with E-state index in [0.29, 0.717) is 6.42 Å². The van der Waals surface area contributed by atoms with Crippen LogP contribution in [0.5, 0.6) is 0 Å². The molecule has 0 aromatic heterocycles. The first-order valence-corrected chi connectivity index (χ1v) is 10.2. The van der Waals surface area contributed by atoms with Crippen LogP contribution in [0, 0.1) is 11.8 Å². The Hall–Kier alpha value is -2.89. The van der Waals surface area contributed by atoms with Crippen LogP contribution in [0.1, 0.15) is 47.5 Å². The summed E-state index contributed by atoms with van der Waals surface area (Å²) in [6, 6.07) is -3.90. The Morgan fingerprint density at radius 2 is 1.45 bits per heavy atom. The molecule has 0 bridgehead atoms. The molecule has 0 aliphatic carbocycles. The number of nitrogens with zero attached hydrogens (tertiary/aromatic N) is 1. The average molecular weight is 444 g/mol. The van der Waals surface area contributed by atoms with Crippen LogP contribution in [-0.2, 0) is 19.2 Å². The van der Waals surface area contributed by atoms with Gasteiger partial charge in [0.1, 0.15) is 18.1 Å². The van der Waals surface area contributed by atoms with E-state index in [9.17, 15) is 24.3 Å². The van der Waals surface area contributed by atoms with Crippen LogP contribution in [0.4, 0.5) is 0 Å². The second-order valence-corrected chi connectivity index (χ2v) is 8.08. The van der Waals surface area contributed by atoms with Gasteiger partial charge in [-0.15, -0.1) is 0 Å². The van der Waals surface area contributed by atoms with Crippen molar-refractivity contribution in [2.24, 2.45) is 34.0 Å². The topological polar surface area (TPSA) is 215 Å². The van der Waals surface area contributed by atoms with Gasteiger partial charge in [-0.05, 0) is 31.6 Å². The van der Waals surface area contributed by atoms with Crippen molar-refractivity contribution in [2.75, 3.05) is 6.54 Å². The SMILES string of the molecule is CC(NC(=O)C(CCCN=C(N)N)NC(=O)C(N)C(C)C)C(=O)NC(C(=O)O)C(C)C. The van der Waals surface area contributed by atoms with Crippen molar-refractivity contribution < 1.29 is 24.3 Å². The first-order valence-electron chi connectivity index (χ1n) is 10.2. The van der Waals surface area contributed by atoms with E-state index in [4.69, 9.17) is 17.2 Å². The minimum absolute atomic E-state index is 0.0877. The number of carboxylic acid groups (broad SMARTS) is 1. The number of aliphatic imine (C=N–C) groups is 1. The molecule has 12 nitrogen and oxygen atoms in total. The van der Waals surface area contributed by atoms with Crippen LogP contribution in [0.15, 0.2) is 4.99 Å². The zero-order valence-corrected chi connectivity index (χ0v) is 18.8. The quantitative estimate of drug-likeness (QED) is 0.0980. The molecule has 12 heteroatoms. The van der Waals surface area contributed by atoms with Crippen LogP contribution in [-0.4, -0.2) is 65.5 Å². The number of amides is 3. The number of rotatable bonds is 13. The maximum absolute atomic E-state index is 12.7. The smallest absolute Gasteiger partial charge is 0.326 e.